The SMILES string of the molecule is CCOCn1c(Cc2ccccc2)c2c(nc1=O)OC(C(C)O)C2. The van der Waals surface area contributed by atoms with Crippen molar-refractivity contribution in [2.75, 3.05) is 6.61 Å². The molecule has 2 aromatic rings. The number of nitrogens with zero attached hydrogens (tertiary/aromatic N) is 2. The molecule has 6 nitrogen and oxygen atoms in total. The Morgan fingerprint density at radius 3 is 2.83 bits per heavy atom. The van der Waals surface area contributed by atoms with Crippen molar-refractivity contribution in [2.24, 2.45) is 0 Å². The van der Waals surface area contributed by atoms with Crippen LogP contribution >= 0.6 is 0 Å². The van der Waals surface area contributed by atoms with Crippen LogP contribution in [0.5, 0.6) is 5.88 Å². The predicted octanol–water partition coefficient (Wildman–Crippen LogP) is 1.51. The molecule has 0 radical (unpaired) electrons. The van der Waals surface area contributed by atoms with Crippen molar-refractivity contribution < 1.29 is 14.6 Å². The van der Waals surface area contributed by atoms with Gasteiger partial charge in [0.1, 0.15) is 12.8 Å². The summed E-state index contributed by atoms with van der Waals surface area (Å²) in [5.74, 6) is 0.338. The standard InChI is InChI=1S/C18H22N2O4/c1-3-23-11-20-15(9-13-7-5-4-6-8-13)14-10-16(12(2)21)24-17(14)19-18(20)22/h4-8,12,16,21H,3,9-11H2,1-2H3. The lowest BCUT2D eigenvalue weighted by Crippen LogP contribution is -2.28. The number of benzene rings is 1. The maximum absolute atomic E-state index is 12.4. The van der Waals surface area contributed by atoms with Crippen molar-refractivity contribution in [3.05, 3.63) is 57.6 Å². The zero-order valence-corrected chi connectivity index (χ0v) is 13.9. The summed E-state index contributed by atoms with van der Waals surface area (Å²) in [6.07, 6.45) is 0.127. The van der Waals surface area contributed by atoms with Gasteiger partial charge in [0.05, 0.1) is 6.10 Å². The summed E-state index contributed by atoms with van der Waals surface area (Å²) in [7, 11) is 0. The predicted molar refractivity (Wildman–Crippen MR) is 89.2 cm³/mol. The first-order valence-electron chi connectivity index (χ1n) is 8.19. The first-order chi connectivity index (χ1) is 11.6. The molecule has 2 unspecified atom stereocenters. The summed E-state index contributed by atoms with van der Waals surface area (Å²) in [4.78, 5) is 16.4. The van der Waals surface area contributed by atoms with Crippen LogP contribution in [0.2, 0.25) is 0 Å². The van der Waals surface area contributed by atoms with Gasteiger partial charge in [-0.1, -0.05) is 30.3 Å². The number of aliphatic hydroxyl groups excluding tert-OH is 1. The van der Waals surface area contributed by atoms with Crippen LogP contribution < -0.4 is 10.4 Å². The minimum absolute atomic E-state index is 0.164. The average molecular weight is 330 g/mol. The van der Waals surface area contributed by atoms with Gasteiger partial charge in [-0.2, -0.15) is 4.98 Å². The van der Waals surface area contributed by atoms with E-state index in [2.05, 4.69) is 4.98 Å². The van der Waals surface area contributed by atoms with Gasteiger partial charge in [-0.3, -0.25) is 4.57 Å². The molecule has 0 bridgehead atoms. The van der Waals surface area contributed by atoms with Gasteiger partial charge in [0.15, 0.2) is 0 Å². The Hall–Kier alpha value is -2.18. The molecule has 0 saturated heterocycles. The van der Waals surface area contributed by atoms with Gasteiger partial charge in [0.2, 0.25) is 5.88 Å². The van der Waals surface area contributed by atoms with Crippen LogP contribution in [0.3, 0.4) is 0 Å². The molecule has 0 aliphatic carbocycles. The van der Waals surface area contributed by atoms with E-state index in [1.54, 1.807) is 11.5 Å². The van der Waals surface area contributed by atoms with Crippen molar-refractivity contribution in [1.82, 2.24) is 9.55 Å². The summed E-state index contributed by atoms with van der Waals surface area (Å²) in [6.45, 7) is 4.24. The van der Waals surface area contributed by atoms with Crippen LogP contribution in [0.25, 0.3) is 0 Å². The van der Waals surface area contributed by atoms with Gasteiger partial charge < -0.3 is 14.6 Å². The maximum atomic E-state index is 12.4. The van der Waals surface area contributed by atoms with E-state index < -0.39 is 6.10 Å². The normalized spacial score (nSPS) is 17.4. The number of fused-ring (bicyclic) bond motifs is 1. The molecule has 3 rings (SSSR count). The van der Waals surface area contributed by atoms with Crippen LogP contribution in [-0.2, 0) is 24.3 Å². The smallest absolute Gasteiger partial charge is 0.352 e. The zero-order valence-electron chi connectivity index (χ0n) is 13.9. The Morgan fingerprint density at radius 1 is 1.42 bits per heavy atom. The number of ether oxygens (including phenoxy) is 2. The Morgan fingerprint density at radius 2 is 2.17 bits per heavy atom. The highest BCUT2D eigenvalue weighted by atomic mass is 16.5. The number of aromatic nitrogens is 2. The molecule has 0 spiro atoms. The molecule has 24 heavy (non-hydrogen) atoms. The van der Waals surface area contributed by atoms with Crippen LogP contribution in [0.4, 0.5) is 0 Å². The topological polar surface area (TPSA) is 73.6 Å². The molecule has 2 atom stereocenters. The van der Waals surface area contributed by atoms with Crippen LogP contribution in [0.1, 0.15) is 30.7 Å². The Labute approximate surface area is 140 Å². The third kappa shape index (κ3) is 3.34. The van der Waals surface area contributed by atoms with Crippen molar-refractivity contribution in [1.29, 1.82) is 0 Å². The molecule has 0 saturated carbocycles. The van der Waals surface area contributed by atoms with Crippen molar-refractivity contribution in [3.8, 4) is 5.88 Å². The lowest BCUT2D eigenvalue weighted by molar-refractivity contribution is 0.0605. The van der Waals surface area contributed by atoms with Gasteiger partial charge in [-0.25, -0.2) is 4.79 Å². The van der Waals surface area contributed by atoms with E-state index in [1.165, 1.54) is 0 Å². The van der Waals surface area contributed by atoms with E-state index in [-0.39, 0.29) is 18.5 Å². The van der Waals surface area contributed by atoms with E-state index in [4.69, 9.17) is 9.47 Å². The maximum Gasteiger partial charge on any atom is 0.352 e. The first kappa shape index (κ1) is 16.7. The molecule has 6 heteroatoms. The van der Waals surface area contributed by atoms with E-state index in [0.717, 1.165) is 16.8 Å². The van der Waals surface area contributed by atoms with Crippen LogP contribution in [-0.4, -0.2) is 33.5 Å². The fourth-order valence-electron chi connectivity index (χ4n) is 2.88. The Bertz CT molecular complexity index is 756. The lowest BCUT2D eigenvalue weighted by Gasteiger charge is -2.15. The van der Waals surface area contributed by atoms with E-state index >= 15 is 0 Å². The molecular formula is C18H22N2O4. The summed E-state index contributed by atoms with van der Waals surface area (Å²) in [6, 6.07) is 9.93. The largest absolute Gasteiger partial charge is 0.471 e. The fraction of sp³-hybridized carbons (Fsp3) is 0.444. The van der Waals surface area contributed by atoms with Gasteiger partial charge in [0.25, 0.3) is 0 Å². The quantitative estimate of drug-likeness (QED) is 0.869. The fourth-order valence-corrected chi connectivity index (χ4v) is 2.88. The summed E-state index contributed by atoms with van der Waals surface area (Å²) in [5.41, 5.74) is 2.42. The molecule has 1 aliphatic rings. The van der Waals surface area contributed by atoms with E-state index in [1.807, 2.05) is 37.3 Å². The average Bonchev–Trinajstić information content (AvgIpc) is 2.99. The van der Waals surface area contributed by atoms with Gasteiger partial charge in [-0.05, 0) is 19.4 Å². The van der Waals surface area contributed by atoms with E-state index in [0.29, 0.717) is 25.3 Å². The molecular weight excluding hydrogens is 308 g/mol. The van der Waals surface area contributed by atoms with Gasteiger partial charge in [0, 0.05) is 30.7 Å². The molecule has 1 aromatic carbocycles. The van der Waals surface area contributed by atoms with Crippen molar-refractivity contribution in [3.63, 3.8) is 0 Å². The summed E-state index contributed by atoms with van der Waals surface area (Å²) >= 11 is 0. The number of hydrogen-bond acceptors (Lipinski definition) is 5. The molecule has 1 aromatic heterocycles. The van der Waals surface area contributed by atoms with Crippen molar-refractivity contribution in [2.45, 2.75) is 45.6 Å². The van der Waals surface area contributed by atoms with Crippen LogP contribution in [0, 0.1) is 0 Å². The van der Waals surface area contributed by atoms with Crippen LogP contribution in [0.15, 0.2) is 35.1 Å². The highest BCUT2D eigenvalue weighted by molar-refractivity contribution is 5.38. The van der Waals surface area contributed by atoms with Gasteiger partial charge in [-0.15, -0.1) is 0 Å². The Balaban J connectivity index is 2.04. The number of aliphatic hydroxyl groups is 1. The lowest BCUT2D eigenvalue weighted by atomic mass is 10.0. The minimum atomic E-state index is -0.626. The molecule has 0 amide bonds. The molecule has 1 N–H and O–H groups in total. The second kappa shape index (κ2) is 7.15. The van der Waals surface area contributed by atoms with Gasteiger partial charge >= 0.3 is 5.69 Å². The first-order valence-corrected chi connectivity index (χ1v) is 8.19. The second-order valence-corrected chi connectivity index (χ2v) is 5.94. The Kier molecular flexibility index (Phi) is 4.97. The zero-order chi connectivity index (χ0) is 17.1. The second-order valence-electron chi connectivity index (χ2n) is 5.94. The summed E-state index contributed by atoms with van der Waals surface area (Å²) < 4.78 is 12.7. The molecule has 128 valence electrons. The number of hydrogen-bond donors (Lipinski definition) is 1. The van der Waals surface area contributed by atoms with E-state index in [9.17, 15) is 9.90 Å². The third-order valence-corrected chi connectivity index (χ3v) is 4.21. The highest BCUT2D eigenvalue weighted by Crippen LogP contribution is 2.30. The number of rotatable bonds is 6. The molecule has 1 aliphatic heterocycles. The molecule has 2 heterocycles. The molecule has 0 fully saturated rings. The minimum Gasteiger partial charge on any atom is -0.471 e. The summed E-state index contributed by atoms with van der Waals surface area (Å²) in [5, 5.41) is 9.82. The third-order valence-electron chi connectivity index (χ3n) is 4.21. The monoisotopic (exact) mass is 330 g/mol. The van der Waals surface area contributed by atoms with Crippen molar-refractivity contribution >= 4 is 0 Å². The highest BCUT2D eigenvalue weighted by Gasteiger charge is 2.32.